The zero-order chi connectivity index (χ0) is 41.8. The van der Waals surface area contributed by atoms with Gasteiger partial charge in [-0.3, -0.25) is 0 Å². The van der Waals surface area contributed by atoms with Gasteiger partial charge in [-0.05, 0) is 114 Å². The predicted octanol–water partition coefficient (Wildman–Crippen LogP) is 15.8. The summed E-state index contributed by atoms with van der Waals surface area (Å²) >= 11 is 0. The molecule has 0 saturated carbocycles. The smallest absolute Gasteiger partial charge is 0.0714 e. The van der Waals surface area contributed by atoms with Gasteiger partial charge in [0.15, 0.2) is 0 Å². The Hall–Kier alpha value is -7.22. The lowest BCUT2D eigenvalue weighted by atomic mass is 9.68. The molecule has 0 heterocycles. The number of nitrogens with zero attached hydrogens (tertiary/aromatic N) is 1. The Morgan fingerprint density at radius 2 is 0.774 bits per heavy atom. The molecule has 62 heavy (non-hydrogen) atoms. The van der Waals surface area contributed by atoms with Gasteiger partial charge in [0, 0.05) is 27.8 Å². The minimum atomic E-state index is -0.501. The molecule has 3 aliphatic carbocycles. The lowest BCUT2D eigenvalue weighted by molar-refractivity contribution is 0.660. The molecule has 0 radical (unpaired) electrons. The third kappa shape index (κ3) is 4.97. The molecule has 0 N–H and O–H groups in total. The van der Waals surface area contributed by atoms with Gasteiger partial charge < -0.3 is 4.90 Å². The second kappa shape index (κ2) is 13.4. The lowest BCUT2D eigenvalue weighted by Gasteiger charge is -2.34. The third-order valence-corrected chi connectivity index (χ3v) is 14.6. The summed E-state index contributed by atoms with van der Waals surface area (Å²) in [5, 5.41) is 0. The maximum atomic E-state index is 2.53. The van der Waals surface area contributed by atoms with E-state index in [-0.39, 0.29) is 10.8 Å². The highest BCUT2D eigenvalue weighted by atomic mass is 15.1. The van der Waals surface area contributed by atoms with Crippen molar-refractivity contribution in [2.24, 2.45) is 0 Å². The summed E-state index contributed by atoms with van der Waals surface area (Å²) in [6.07, 6.45) is 0. The van der Waals surface area contributed by atoms with Crippen molar-refractivity contribution in [3.8, 4) is 44.5 Å². The van der Waals surface area contributed by atoms with Crippen LogP contribution in [0.1, 0.15) is 72.2 Å². The number of benzene rings is 9. The van der Waals surface area contributed by atoms with E-state index in [9.17, 15) is 0 Å². The Morgan fingerprint density at radius 1 is 0.306 bits per heavy atom. The molecule has 9 aromatic rings. The van der Waals surface area contributed by atoms with Crippen LogP contribution < -0.4 is 4.90 Å². The van der Waals surface area contributed by atoms with Crippen LogP contribution in [0.2, 0.25) is 0 Å². The number of fused-ring (bicyclic) bond motifs is 9. The summed E-state index contributed by atoms with van der Waals surface area (Å²) in [4.78, 5) is 2.53. The monoisotopic (exact) mass is 793 g/mol. The van der Waals surface area contributed by atoms with E-state index in [2.05, 4.69) is 245 Å². The fourth-order valence-corrected chi connectivity index (χ4v) is 11.7. The van der Waals surface area contributed by atoms with Crippen LogP contribution in [0.3, 0.4) is 0 Å². The minimum absolute atomic E-state index is 0.0572. The van der Waals surface area contributed by atoms with Gasteiger partial charge in [0.1, 0.15) is 0 Å². The molecular weight excluding hydrogens is 747 g/mol. The first kappa shape index (κ1) is 36.6. The predicted molar refractivity (Wildman–Crippen MR) is 259 cm³/mol. The fourth-order valence-electron chi connectivity index (χ4n) is 11.7. The van der Waals surface area contributed by atoms with E-state index in [0.29, 0.717) is 0 Å². The van der Waals surface area contributed by atoms with Crippen molar-refractivity contribution >= 4 is 17.1 Å². The Bertz CT molecular complexity index is 3180. The van der Waals surface area contributed by atoms with E-state index in [1.165, 1.54) is 94.7 Å². The number of hydrogen-bond donors (Lipinski definition) is 0. The Kier molecular flexibility index (Phi) is 7.91. The zero-order valence-corrected chi connectivity index (χ0v) is 35.7. The first-order valence-electron chi connectivity index (χ1n) is 22.0. The summed E-state index contributed by atoms with van der Waals surface area (Å²) in [6, 6.07) is 79.6. The molecule has 1 heteroatoms. The van der Waals surface area contributed by atoms with Crippen molar-refractivity contribution in [3.63, 3.8) is 0 Å². The van der Waals surface area contributed by atoms with E-state index in [1.54, 1.807) is 0 Å². The largest absolute Gasteiger partial charge is 0.310 e. The van der Waals surface area contributed by atoms with Crippen LogP contribution in [0.5, 0.6) is 0 Å². The SMILES string of the molecule is CC1(C)c2ccccc2-c2ccc(N(c3ccc(-c4cccc5c4-c4ccccc4C5(C)C)cc3)c3cccc4c3-c3ccccc3C4(c3ccccc3)c3ccccc3)cc21. The molecule has 0 amide bonds. The van der Waals surface area contributed by atoms with Gasteiger partial charge in [0.05, 0.1) is 11.1 Å². The van der Waals surface area contributed by atoms with Gasteiger partial charge >= 0.3 is 0 Å². The fraction of sp³-hybridized carbons (Fsp3) is 0.115. The second-order valence-electron chi connectivity index (χ2n) is 18.4. The topological polar surface area (TPSA) is 3.24 Å². The van der Waals surface area contributed by atoms with E-state index in [0.717, 1.165) is 11.4 Å². The highest BCUT2D eigenvalue weighted by Gasteiger charge is 2.47. The van der Waals surface area contributed by atoms with Crippen LogP contribution in [-0.4, -0.2) is 0 Å². The standard InChI is InChI=1S/C61H47N/c1-59(2)51-28-15-12-24-48(51)57-45(26-17-30-53(57)59)40-33-35-43(36-34-40)62(44-37-38-47-46-23-11-14-27-50(46)60(3,4)55(47)39-44)56-32-18-31-54-58(56)49-25-13-16-29-52(49)61(54,41-19-7-5-8-20-41)42-21-9-6-10-22-42/h5-39H,1-4H3. The lowest BCUT2D eigenvalue weighted by Crippen LogP contribution is -2.28. The normalized spacial score (nSPS) is 15.2. The van der Waals surface area contributed by atoms with Gasteiger partial charge in [-0.2, -0.15) is 0 Å². The van der Waals surface area contributed by atoms with Gasteiger partial charge in [0.25, 0.3) is 0 Å². The Morgan fingerprint density at radius 3 is 1.45 bits per heavy atom. The maximum Gasteiger partial charge on any atom is 0.0714 e. The van der Waals surface area contributed by atoms with Gasteiger partial charge in [-0.1, -0.05) is 210 Å². The average Bonchev–Trinajstić information content (AvgIpc) is 3.85. The van der Waals surface area contributed by atoms with Gasteiger partial charge in [-0.15, -0.1) is 0 Å². The van der Waals surface area contributed by atoms with Crippen LogP contribution in [0.4, 0.5) is 17.1 Å². The van der Waals surface area contributed by atoms with E-state index >= 15 is 0 Å². The number of rotatable bonds is 6. The second-order valence-corrected chi connectivity index (χ2v) is 18.4. The van der Waals surface area contributed by atoms with Crippen LogP contribution in [0.25, 0.3) is 44.5 Å². The van der Waals surface area contributed by atoms with Crippen molar-refractivity contribution < 1.29 is 0 Å². The van der Waals surface area contributed by atoms with Gasteiger partial charge in [0.2, 0.25) is 0 Å². The average molecular weight is 794 g/mol. The zero-order valence-electron chi connectivity index (χ0n) is 35.7. The molecule has 0 unspecified atom stereocenters. The molecule has 0 aliphatic heterocycles. The highest BCUT2D eigenvalue weighted by Crippen LogP contribution is 2.60. The quantitative estimate of drug-likeness (QED) is 0.162. The highest BCUT2D eigenvalue weighted by molar-refractivity contribution is 5.99. The maximum absolute atomic E-state index is 2.53. The van der Waals surface area contributed by atoms with Crippen LogP contribution in [0.15, 0.2) is 212 Å². The van der Waals surface area contributed by atoms with Crippen LogP contribution in [0, 0.1) is 0 Å². The van der Waals surface area contributed by atoms with E-state index in [1.807, 2.05) is 0 Å². The number of anilines is 3. The van der Waals surface area contributed by atoms with Crippen LogP contribution in [-0.2, 0) is 16.2 Å². The Balaban J connectivity index is 1.10. The van der Waals surface area contributed by atoms with E-state index in [4.69, 9.17) is 0 Å². The van der Waals surface area contributed by atoms with Crippen molar-refractivity contribution in [1.82, 2.24) is 0 Å². The molecule has 1 nitrogen and oxygen atoms in total. The summed E-state index contributed by atoms with van der Waals surface area (Å²) < 4.78 is 0. The summed E-state index contributed by atoms with van der Waals surface area (Å²) in [7, 11) is 0. The van der Waals surface area contributed by atoms with Crippen molar-refractivity contribution in [1.29, 1.82) is 0 Å². The van der Waals surface area contributed by atoms with Crippen molar-refractivity contribution in [2.45, 2.75) is 43.9 Å². The van der Waals surface area contributed by atoms with Gasteiger partial charge in [-0.25, -0.2) is 0 Å². The molecule has 0 bridgehead atoms. The summed E-state index contributed by atoms with van der Waals surface area (Å²) in [5.74, 6) is 0. The first-order chi connectivity index (χ1) is 30.3. The molecule has 12 rings (SSSR count). The van der Waals surface area contributed by atoms with Crippen molar-refractivity contribution in [3.05, 3.63) is 257 Å². The van der Waals surface area contributed by atoms with Crippen LogP contribution >= 0.6 is 0 Å². The number of hydrogen-bond acceptors (Lipinski definition) is 1. The third-order valence-electron chi connectivity index (χ3n) is 14.6. The summed E-state index contributed by atoms with van der Waals surface area (Å²) in [6.45, 7) is 9.48. The molecule has 9 aromatic carbocycles. The first-order valence-corrected chi connectivity index (χ1v) is 22.0. The molecule has 296 valence electrons. The van der Waals surface area contributed by atoms with E-state index < -0.39 is 5.41 Å². The molecule has 0 saturated heterocycles. The molecule has 0 atom stereocenters. The minimum Gasteiger partial charge on any atom is -0.310 e. The summed E-state index contributed by atoms with van der Waals surface area (Å²) in [5.41, 5.74) is 23.8. The molecular formula is C61H47N. The Labute approximate surface area is 365 Å². The van der Waals surface area contributed by atoms with Crippen molar-refractivity contribution in [2.75, 3.05) is 4.90 Å². The molecule has 0 spiro atoms. The molecule has 0 aromatic heterocycles. The molecule has 3 aliphatic rings. The molecule has 0 fully saturated rings.